The summed E-state index contributed by atoms with van der Waals surface area (Å²) in [5.41, 5.74) is 35.3. The van der Waals surface area contributed by atoms with Crippen molar-refractivity contribution >= 4 is 51.3 Å². The van der Waals surface area contributed by atoms with Crippen molar-refractivity contribution in [2.24, 2.45) is 5.11 Å². The number of azide groups is 1. The Kier molecular flexibility index (Phi) is 26.4. The topological polar surface area (TPSA) is 432 Å². The number of aromatic nitrogens is 15. The molecular formula is C58H71N21O12. The molecule has 33 heteroatoms. The quantitative estimate of drug-likeness (QED) is 0.0122. The summed E-state index contributed by atoms with van der Waals surface area (Å²) in [6.07, 6.45) is 6.42. The number of anilines is 3. The summed E-state index contributed by atoms with van der Waals surface area (Å²) in [6.45, 7) is 10.2. The van der Waals surface area contributed by atoms with Crippen LogP contribution in [-0.4, -0.2) is 174 Å². The van der Waals surface area contributed by atoms with E-state index in [1.54, 1.807) is 4.68 Å². The number of nitrogens with two attached hydrogens (primary N) is 3. The average molecular weight is 1250 g/mol. The Labute approximate surface area is 520 Å². The maximum atomic E-state index is 8.13. The zero-order valence-electron chi connectivity index (χ0n) is 49.8. The van der Waals surface area contributed by atoms with Gasteiger partial charge in [0, 0.05) is 11.5 Å². The number of H-pyrrole nitrogens is 3. The van der Waals surface area contributed by atoms with Gasteiger partial charge >= 0.3 is 0 Å². The molecule has 480 valence electrons. The van der Waals surface area contributed by atoms with Crippen LogP contribution in [0.15, 0.2) is 103 Å². The summed E-state index contributed by atoms with van der Waals surface area (Å²) in [7, 11) is 0. The van der Waals surface area contributed by atoms with Crippen LogP contribution in [0, 0.1) is 0 Å². The van der Waals surface area contributed by atoms with Crippen LogP contribution in [0.1, 0.15) is 39.1 Å². The van der Waals surface area contributed by atoms with Gasteiger partial charge in [-0.05, 0) is 38.9 Å². The van der Waals surface area contributed by atoms with E-state index in [1.807, 2.05) is 79.0 Å². The van der Waals surface area contributed by atoms with Crippen molar-refractivity contribution in [2.75, 3.05) is 116 Å². The molecule has 91 heavy (non-hydrogen) atoms. The molecule has 0 amide bonds. The summed E-state index contributed by atoms with van der Waals surface area (Å²) in [6, 6.07) is 23.8. The highest BCUT2D eigenvalue weighted by Gasteiger charge is 2.14. The molecule has 0 aliphatic heterocycles. The van der Waals surface area contributed by atoms with Gasteiger partial charge in [-0.25, -0.2) is 19.6 Å². The van der Waals surface area contributed by atoms with Crippen LogP contribution in [0.5, 0.6) is 17.6 Å². The summed E-state index contributed by atoms with van der Waals surface area (Å²) < 4.78 is 69.3. The lowest BCUT2D eigenvalue weighted by Crippen LogP contribution is -2.13. The smallest absolute Gasteiger partial charge is 0.245 e. The maximum Gasteiger partial charge on any atom is 0.245 e. The Bertz CT molecular complexity index is 3770. The van der Waals surface area contributed by atoms with Crippen LogP contribution in [0.2, 0.25) is 0 Å². The molecule has 0 radical (unpaired) electrons. The second kappa shape index (κ2) is 36.6. The predicted molar refractivity (Wildman–Crippen MR) is 327 cm³/mol. The average Bonchev–Trinajstić information content (AvgIpc) is 2.21. The summed E-state index contributed by atoms with van der Waals surface area (Å²) in [5, 5.41) is 11.7. The molecule has 3 aromatic carbocycles. The van der Waals surface area contributed by atoms with Crippen molar-refractivity contribution in [1.82, 2.24) is 74.8 Å². The number of nitrogens with one attached hydrogen (secondary N) is 3. The van der Waals surface area contributed by atoms with E-state index in [0.717, 1.165) is 39.1 Å². The second-order valence-electron chi connectivity index (χ2n) is 19.5. The third kappa shape index (κ3) is 22.3. The van der Waals surface area contributed by atoms with Crippen molar-refractivity contribution in [3.05, 3.63) is 147 Å². The van der Waals surface area contributed by atoms with E-state index < -0.39 is 0 Å². The van der Waals surface area contributed by atoms with Crippen molar-refractivity contribution in [2.45, 2.75) is 52.8 Å². The second-order valence-corrected chi connectivity index (χ2v) is 19.5. The van der Waals surface area contributed by atoms with Gasteiger partial charge in [-0.1, -0.05) is 83.1 Å². The summed E-state index contributed by atoms with van der Waals surface area (Å²) in [5.74, 6) is 1.42. The predicted octanol–water partition coefficient (Wildman–Crippen LogP) is 5.31. The molecule has 0 saturated carbocycles. The lowest BCUT2D eigenvalue weighted by atomic mass is 10.1. The minimum absolute atomic E-state index is 0.106. The number of fused-ring (bicyclic) bond motifs is 3. The van der Waals surface area contributed by atoms with Gasteiger partial charge in [0.25, 0.3) is 0 Å². The van der Waals surface area contributed by atoms with E-state index in [2.05, 4.69) is 80.1 Å². The van der Waals surface area contributed by atoms with Gasteiger partial charge in [0.15, 0.2) is 16.9 Å². The van der Waals surface area contributed by atoms with Gasteiger partial charge in [-0.3, -0.25) is 0 Å². The number of ether oxygens (including phenoxy) is 12. The van der Waals surface area contributed by atoms with Gasteiger partial charge in [0.2, 0.25) is 35.5 Å². The highest BCUT2D eigenvalue weighted by Crippen LogP contribution is 2.24. The number of imidazole rings is 3. The molecule has 9 N–H and O–H groups in total. The number of nitrogens with zero attached hydrogens (tertiary/aromatic N) is 15. The highest BCUT2D eigenvalue weighted by molar-refractivity contribution is 5.78. The minimum Gasteiger partial charge on any atom is -0.471 e. The first kappa shape index (κ1) is 65.6. The molecule has 7 aromatic heterocycles. The zero-order valence-corrected chi connectivity index (χ0v) is 49.8. The third-order valence-electron chi connectivity index (χ3n) is 12.7. The third-order valence-corrected chi connectivity index (χ3v) is 12.7. The molecule has 0 aliphatic rings. The van der Waals surface area contributed by atoms with Crippen LogP contribution in [-0.2, 0) is 95.4 Å². The van der Waals surface area contributed by atoms with Crippen molar-refractivity contribution in [1.29, 1.82) is 0 Å². The molecule has 10 aromatic rings. The van der Waals surface area contributed by atoms with E-state index in [0.29, 0.717) is 203 Å². The molecule has 0 saturated heterocycles. The van der Waals surface area contributed by atoms with Crippen LogP contribution in [0.3, 0.4) is 0 Å². The fourth-order valence-corrected chi connectivity index (χ4v) is 8.23. The normalized spacial score (nSPS) is 11.3. The van der Waals surface area contributed by atoms with Crippen molar-refractivity contribution in [3.63, 3.8) is 0 Å². The molecule has 0 atom stereocenters. The number of hydrogen-bond donors (Lipinski definition) is 6. The Morgan fingerprint density at radius 2 is 0.725 bits per heavy atom. The van der Waals surface area contributed by atoms with Gasteiger partial charge in [-0.15, -0.1) is 5.10 Å². The molecule has 0 bridgehead atoms. The Hall–Kier alpha value is -9.80. The summed E-state index contributed by atoms with van der Waals surface area (Å²) >= 11 is 0. The first-order valence-electron chi connectivity index (χ1n) is 28.9. The van der Waals surface area contributed by atoms with Crippen LogP contribution < -0.4 is 31.4 Å². The van der Waals surface area contributed by atoms with E-state index in [1.165, 1.54) is 19.0 Å². The standard InChI is InChI=1S/C37H43N13O7.C21H28N8O5/c38-36-44-32-30(40-23-42-32)34(46-36)56-20-27-5-1-25(2-6-27)18-54-16-15-53-14-13-52-12-11-51-10-9-50-17-29(48-49-50)22-55-19-26-3-7-28(8-4-26)21-57-35-31-33(43-24-41-31)45-37(39)47-35;22-21-27-19-18(24-15-25-19)20(28-21)34-14-17-3-1-16(2-4-17)13-33-12-11-32-10-9-31-8-7-30-6-5-26-29-23/h1-8,17,23-24H,9-16,18-22H2,(H3,38,40,42,44,46)(H3,39,41,43,45,47);1-4,15H,5-14H2,(H3,22,24,25,27,28). The van der Waals surface area contributed by atoms with Crippen molar-refractivity contribution in [3.8, 4) is 17.6 Å². The Balaban J connectivity index is 0.000000246. The van der Waals surface area contributed by atoms with Gasteiger partial charge in [0.1, 0.15) is 42.1 Å². The SMILES string of the molecule is Nc1nc(OCc2ccc(COCCOCCOCCOCCn3cc(COCc4ccc(COc5nc(N)nc6nc[nH]c56)cc4)nn3)cc2)c2[nH]cnc2n1.[N-]=[N+]=NCCOCCOCCOCCOCc1ccc(COc2nc(N)nc3nc[nH]c23)cc1. The van der Waals surface area contributed by atoms with Crippen LogP contribution in [0.25, 0.3) is 43.9 Å². The fraction of sp³-hybridized carbons (Fsp3) is 0.397. The van der Waals surface area contributed by atoms with E-state index >= 15 is 0 Å². The minimum atomic E-state index is 0.106. The van der Waals surface area contributed by atoms with Crippen LogP contribution in [0.4, 0.5) is 17.8 Å². The van der Waals surface area contributed by atoms with E-state index in [-0.39, 0.29) is 17.8 Å². The summed E-state index contributed by atoms with van der Waals surface area (Å²) in [4.78, 5) is 48.4. The van der Waals surface area contributed by atoms with Gasteiger partial charge < -0.3 is 89.0 Å². The molecule has 7 heterocycles. The number of rotatable bonds is 41. The van der Waals surface area contributed by atoms with Crippen LogP contribution >= 0.6 is 0 Å². The first-order valence-corrected chi connectivity index (χ1v) is 28.9. The number of nitrogen functional groups attached to an aromatic ring is 3. The molecule has 10 rings (SSSR count). The van der Waals surface area contributed by atoms with Gasteiger partial charge in [0.05, 0.1) is 151 Å². The molecule has 0 unspecified atom stereocenters. The molecular weight excluding hydrogens is 1180 g/mol. The Morgan fingerprint density at radius 1 is 0.396 bits per heavy atom. The zero-order chi connectivity index (χ0) is 62.9. The molecule has 0 spiro atoms. The number of hydrogen-bond acceptors (Lipinski definition) is 27. The molecule has 0 fully saturated rings. The number of aromatic amines is 3. The molecule has 0 aliphatic carbocycles. The van der Waals surface area contributed by atoms with Crippen molar-refractivity contribution < 1.29 is 56.8 Å². The lowest BCUT2D eigenvalue weighted by Gasteiger charge is -2.09. The molecule has 33 nitrogen and oxygen atoms in total. The largest absolute Gasteiger partial charge is 0.471 e. The monoisotopic (exact) mass is 1250 g/mol. The van der Waals surface area contributed by atoms with E-state index in [9.17, 15) is 0 Å². The van der Waals surface area contributed by atoms with E-state index in [4.69, 9.17) is 79.6 Å². The van der Waals surface area contributed by atoms with Gasteiger partial charge in [-0.2, -0.15) is 29.9 Å². The maximum absolute atomic E-state index is 8.13. The Morgan fingerprint density at radius 3 is 1.10 bits per heavy atom. The highest BCUT2D eigenvalue weighted by atomic mass is 16.6. The first-order chi connectivity index (χ1) is 44.8. The fourth-order valence-electron chi connectivity index (χ4n) is 8.23. The number of benzene rings is 3. The lowest BCUT2D eigenvalue weighted by molar-refractivity contribution is -0.00497.